The topological polar surface area (TPSA) is 105 Å². The number of amides is 2. The van der Waals surface area contributed by atoms with E-state index in [2.05, 4.69) is 10.0 Å². The van der Waals surface area contributed by atoms with Crippen molar-refractivity contribution in [1.82, 2.24) is 0 Å². The van der Waals surface area contributed by atoms with Crippen LogP contribution in [0.5, 0.6) is 5.75 Å². The highest BCUT2D eigenvalue weighted by atomic mass is 32.2. The van der Waals surface area contributed by atoms with E-state index in [9.17, 15) is 18.0 Å². The number of benzene rings is 2. The molecule has 2 amide bonds. The number of anilines is 3. The summed E-state index contributed by atoms with van der Waals surface area (Å²) in [6, 6.07) is 9.51. The fourth-order valence-corrected chi connectivity index (χ4v) is 4.31. The number of nitrogens with one attached hydrogen (secondary N) is 2. The summed E-state index contributed by atoms with van der Waals surface area (Å²) in [6.07, 6.45) is 0.845. The summed E-state index contributed by atoms with van der Waals surface area (Å²) in [5.74, 6) is -0.00818. The van der Waals surface area contributed by atoms with Gasteiger partial charge in [-0.15, -0.1) is 0 Å². The van der Waals surface area contributed by atoms with E-state index in [1.54, 1.807) is 37.4 Å². The molecule has 0 unspecified atom stereocenters. The number of hydrogen-bond acceptors (Lipinski definition) is 5. The maximum Gasteiger partial charge on any atom is 0.262 e. The number of fused-ring (bicyclic) bond motifs is 2. The molecule has 0 saturated heterocycles. The molecule has 0 fully saturated rings. The first kappa shape index (κ1) is 17.3. The summed E-state index contributed by atoms with van der Waals surface area (Å²) in [5, 5.41) is 2.64. The van der Waals surface area contributed by atoms with Crippen molar-refractivity contribution in [2.45, 2.75) is 17.7 Å². The molecule has 2 N–H and O–H groups in total. The lowest BCUT2D eigenvalue weighted by Crippen LogP contribution is -2.31. The molecule has 2 heterocycles. The molecular formula is C18H17N3O5S. The number of carbonyl (C=O) groups is 2. The molecule has 0 radical (unpaired) electrons. The van der Waals surface area contributed by atoms with Crippen molar-refractivity contribution < 1.29 is 22.7 Å². The Hall–Kier alpha value is -3.07. The summed E-state index contributed by atoms with van der Waals surface area (Å²) in [7, 11) is -2.20. The van der Waals surface area contributed by atoms with Crippen LogP contribution in [0.3, 0.4) is 0 Å². The molecule has 4 rings (SSSR count). The maximum absolute atomic E-state index is 12.8. The molecule has 0 spiro atoms. The van der Waals surface area contributed by atoms with Crippen LogP contribution in [0.2, 0.25) is 0 Å². The number of sulfonamides is 1. The molecule has 0 bridgehead atoms. The zero-order chi connectivity index (χ0) is 19.2. The summed E-state index contributed by atoms with van der Waals surface area (Å²) >= 11 is 0. The van der Waals surface area contributed by atoms with Crippen LogP contribution in [-0.2, 0) is 26.0 Å². The van der Waals surface area contributed by atoms with Gasteiger partial charge in [0.1, 0.15) is 0 Å². The fourth-order valence-electron chi connectivity index (χ4n) is 3.20. The molecular weight excluding hydrogens is 370 g/mol. The smallest absolute Gasteiger partial charge is 0.262 e. The van der Waals surface area contributed by atoms with E-state index < -0.39 is 10.0 Å². The van der Waals surface area contributed by atoms with Gasteiger partial charge in [0.15, 0.2) is 12.4 Å². The van der Waals surface area contributed by atoms with Crippen molar-refractivity contribution in [3.05, 3.63) is 42.0 Å². The molecule has 0 saturated carbocycles. The summed E-state index contributed by atoms with van der Waals surface area (Å²) < 4.78 is 33.6. The molecule has 2 aliphatic rings. The van der Waals surface area contributed by atoms with Gasteiger partial charge in [-0.2, -0.15) is 0 Å². The molecule has 140 valence electrons. The molecule has 2 aromatic rings. The van der Waals surface area contributed by atoms with Gasteiger partial charge in [0.05, 0.1) is 16.3 Å². The highest BCUT2D eigenvalue weighted by molar-refractivity contribution is 7.92. The van der Waals surface area contributed by atoms with E-state index in [0.29, 0.717) is 24.2 Å². The van der Waals surface area contributed by atoms with Gasteiger partial charge < -0.3 is 15.0 Å². The molecule has 27 heavy (non-hydrogen) atoms. The van der Waals surface area contributed by atoms with Crippen molar-refractivity contribution >= 4 is 38.9 Å². The van der Waals surface area contributed by atoms with Crippen molar-refractivity contribution in [3.63, 3.8) is 0 Å². The Labute approximate surface area is 156 Å². The van der Waals surface area contributed by atoms with Gasteiger partial charge in [-0.25, -0.2) is 8.42 Å². The van der Waals surface area contributed by atoms with E-state index in [0.717, 1.165) is 5.56 Å². The minimum atomic E-state index is -3.87. The van der Waals surface area contributed by atoms with Gasteiger partial charge in [0.2, 0.25) is 5.91 Å². The van der Waals surface area contributed by atoms with Crippen LogP contribution >= 0.6 is 0 Å². The van der Waals surface area contributed by atoms with E-state index in [4.69, 9.17) is 4.74 Å². The molecule has 9 heteroatoms. The quantitative estimate of drug-likeness (QED) is 0.835. The highest BCUT2D eigenvalue weighted by Crippen LogP contribution is 2.37. The normalized spacial score (nSPS) is 16.1. The van der Waals surface area contributed by atoms with Gasteiger partial charge in [-0.3, -0.25) is 14.3 Å². The number of aryl methyl sites for hydroxylation is 1. The molecule has 2 aliphatic heterocycles. The highest BCUT2D eigenvalue weighted by Gasteiger charge is 2.25. The number of carbonyl (C=O) groups excluding carboxylic acids is 2. The maximum atomic E-state index is 12.8. The zero-order valence-electron chi connectivity index (χ0n) is 14.5. The molecule has 0 aromatic heterocycles. The Balaban J connectivity index is 1.67. The Morgan fingerprint density at radius 3 is 2.78 bits per heavy atom. The average Bonchev–Trinajstić information content (AvgIpc) is 2.64. The molecule has 8 nitrogen and oxygen atoms in total. The fraction of sp³-hybridized carbons (Fsp3) is 0.222. The third kappa shape index (κ3) is 3.10. The van der Waals surface area contributed by atoms with Crippen LogP contribution < -0.4 is 19.7 Å². The minimum Gasteiger partial charge on any atom is -0.479 e. The van der Waals surface area contributed by atoms with Crippen LogP contribution in [-0.4, -0.2) is 33.9 Å². The first-order valence-electron chi connectivity index (χ1n) is 8.33. The summed E-state index contributed by atoms with van der Waals surface area (Å²) in [4.78, 5) is 24.9. The summed E-state index contributed by atoms with van der Waals surface area (Å²) in [6.45, 7) is -0.176. The number of ether oxygens (including phenoxy) is 1. The van der Waals surface area contributed by atoms with E-state index in [1.165, 1.54) is 11.0 Å². The number of hydrogen-bond donors (Lipinski definition) is 2. The van der Waals surface area contributed by atoms with E-state index in [-0.39, 0.29) is 34.8 Å². The van der Waals surface area contributed by atoms with Crippen molar-refractivity contribution in [3.8, 4) is 5.75 Å². The number of rotatable bonds is 3. The number of para-hydroxylation sites is 1. The van der Waals surface area contributed by atoms with Gasteiger partial charge in [-0.05, 0) is 42.3 Å². The van der Waals surface area contributed by atoms with Crippen LogP contribution in [0.25, 0.3) is 0 Å². The second-order valence-corrected chi connectivity index (χ2v) is 8.05. The molecule has 0 atom stereocenters. The lowest BCUT2D eigenvalue weighted by Gasteiger charge is -2.26. The largest absolute Gasteiger partial charge is 0.479 e. The monoisotopic (exact) mass is 387 g/mol. The Morgan fingerprint density at radius 2 is 1.96 bits per heavy atom. The van der Waals surface area contributed by atoms with Gasteiger partial charge in [0.25, 0.3) is 15.9 Å². The standard InChI is InChI=1S/C18H17N3O5S/c1-21-15-7-6-12(9-11(15)5-8-17(21)23)27(24,25)20-14-4-2-3-13-18(14)26-10-16(22)19-13/h2-4,6-7,9,20H,5,8,10H2,1H3,(H,19,22). The Morgan fingerprint density at radius 1 is 1.15 bits per heavy atom. The average molecular weight is 387 g/mol. The predicted octanol–water partition coefficient (Wildman–Crippen LogP) is 1.73. The van der Waals surface area contributed by atoms with E-state index >= 15 is 0 Å². The Kier molecular flexibility index (Phi) is 4.03. The second-order valence-electron chi connectivity index (χ2n) is 6.37. The second kappa shape index (κ2) is 6.27. The molecule has 0 aliphatic carbocycles. The van der Waals surface area contributed by atoms with Gasteiger partial charge >= 0.3 is 0 Å². The van der Waals surface area contributed by atoms with Crippen molar-refractivity contribution in [2.24, 2.45) is 0 Å². The Bertz CT molecular complexity index is 1060. The van der Waals surface area contributed by atoms with Gasteiger partial charge in [-0.1, -0.05) is 6.07 Å². The zero-order valence-corrected chi connectivity index (χ0v) is 15.3. The van der Waals surface area contributed by atoms with Crippen LogP contribution in [0, 0.1) is 0 Å². The van der Waals surface area contributed by atoms with Crippen molar-refractivity contribution in [1.29, 1.82) is 0 Å². The van der Waals surface area contributed by atoms with Crippen LogP contribution in [0.15, 0.2) is 41.3 Å². The SMILES string of the molecule is CN1C(=O)CCc2cc(S(=O)(=O)Nc3cccc4c3OCC(=O)N4)ccc21. The van der Waals surface area contributed by atoms with E-state index in [1.807, 2.05) is 0 Å². The van der Waals surface area contributed by atoms with Crippen LogP contribution in [0.4, 0.5) is 17.1 Å². The minimum absolute atomic E-state index is 0.00587. The van der Waals surface area contributed by atoms with Crippen molar-refractivity contribution in [2.75, 3.05) is 28.6 Å². The lowest BCUT2D eigenvalue weighted by molar-refractivity contribution is -0.119. The first-order valence-corrected chi connectivity index (χ1v) is 9.81. The third-order valence-corrected chi connectivity index (χ3v) is 5.95. The lowest BCUT2D eigenvalue weighted by atomic mass is 10.0. The molecule has 2 aromatic carbocycles. The third-order valence-electron chi connectivity index (χ3n) is 4.59. The number of nitrogens with zero attached hydrogens (tertiary/aromatic N) is 1. The first-order chi connectivity index (χ1) is 12.8. The van der Waals surface area contributed by atoms with Crippen LogP contribution in [0.1, 0.15) is 12.0 Å². The van der Waals surface area contributed by atoms with Gasteiger partial charge in [0, 0.05) is 19.2 Å². The predicted molar refractivity (Wildman–Crippen MR) is 99.5 cm³/mol. The summed E-state index contributed by atoms with van der Waals surface area (Å²) in [5.41, 5.74) is 2.18.